The molecular formula is C20H19F3N6O2. The molecule has 3 N–H and O–H groups in total. The zero-order chi connectivity index (χ0) is 22.4. The Balaban J connectivity index is 1.81. The monoisotopic (exact) mass is 432 g/mol. The van der Waals surface area contributed by atoms with Crippen molar-refractivity contribution in [2.75, 3.05) is 12.8 Å². The molecule has 31 heavy (non-hydrogen) atoms. The van der Waals surface area contributed by atoms with Gasteiger partial charge in [0.1, 0.15) is 13.7 Å². The maximum absolute atomic E-state index is 12.9. The van der Waals surface area contributed by atoms with Gasteiger partial charge in [-0.15, -0.1) is 5.10 Å². The third-order valence-corrected chi connectivity index (χ3v) is 4.21. The van der Waals surface area contributed by atoms with E-state index in [1.165, 1.54) is 19.2 Å². The van der Waals surface area contributed by atoms with Crippen LogP contribution >= 0.6 is 0 Å². The Labute approximate surface area is 175 Å². The number of benzene rings is 2. The van der Waals surface area contributed by atoms with Crippen LogP contribution in [-0.4, -0.2) is 33.7 Å². The van der Waals surface area contributed by atoms with Gasteiger partial charge in [0.15, 0.2) is 11.5 Å². The van der Waals surface area contributed by atoms with E-state index >= 15 is 0 Å². The summed E-state index contributed by atoms with van der Waals surface area (Å²) in [7, 11) is 1.39. The van der Waals surface area contributed by atoms with Gasteiger partial charge in [0.25, 0.3) is 0 Å². The maximum atomic E-state index is 12.9. The fourth-order valence-corrected chi connectivity index (χ4v) is 2.74. The van der Waals surface area contributed by atoms with E-state index in [9.17, 15) is 13.2 Å². The van der Waals surface area contributed by atoms with E-state index < -0.39 is 11.7 Å². The standard InChI is InChI=1S/C20H19F3N6O2/c1-12(13-7-5-8-15(10-13)20(21,22)23)28-31-11-14-6-3-4-9-16(14)17(29-30-2)18-25-19(24)27-26-18/h3-10H,11H2,1-2H3,(H3,24,25,26,27)/b28-12+,29-17+. The van der Waals surface area contributed by atoms with Gasteiger partial charge in [0, 0.05) is 11.1 Å². The average Bonchev–Trinajstić information content (AvgIpc) is 3.18. The number of halogens is 3. The first-order chi connectivity index (χ1) is 14.8. The summed E-state index contributed by atoms with van der Waals surface area (Å²) in [4.78, 5) is 14.4. The van der Waals surface area contributed by atoms with Crippen LogP contribution in [0.15, 0.2) is 58.8 Å². The smallest absolute Gasteiger partial charge is 0.399 e. The van der Waals surface area contributed by atoms with E-state index in [1.807, 2.05) is 0 Å². The molecule has 0 aliphatic carbocycles. The van der Waals surface area contributed by atoms with Crippen molar-refractivity contribution in [2.45, 2.75) is 19.7 Å². The zero-order valence-corrected chi connectivity index (χ0v) is 16.6. The second kappa shape index (κ2) is 9.28. The number of nitrogens with zero attached hydrogens (tertiary/aromatic N) is 4. The summed E-state index contributed by atoms with van der Waals surface area (Å²) in [5, 5.41) is 14.4. The van der Waals surface area contributed by atoms with Crippen LogP contribution in [0.25, 0.3) is 0 Å². The molecule has 3 rings (SSSR count). The Bertz CT molecular complexity index is 1110. The van der Waals surface area contributed by atoms with Crippen LogP contribution < -0.4 is 5.73 Å². The molecule has 1 heterocycles. The summed E-state index contributed by atoms with van der Waals surface area (Å²) in [6.45, 7) is 1.59. The number of rotatable bonds is 7. The molecule has 0 unspecified atom stereocenters. The maximum Gasteiger partial charge on any atom is 0.416 e. The molecule has 0 radical (unpaired) electrons. The van der Waals surface area contributed by atoms with Crippen molar-refractivity contribution in [2.24, 2.45) is 10.3 Å². The molecule has 3 aromatic rings. The fraction of sp³-hybridized carbons (Fsp3) is 0.200. The number of anilines is 1. The van der Waals surface area contributed by atoms with Gasteiger partial charge in [-0.1, -0.05) is 46.7 Å². The highest BCUT2D eigenvalue weighted by atomic mass is 19.4. The average molecular weight is 432 g/mol. The number of oxime groups is 2. The summed E-state index contributed by atoms with van der Waals surface area (Å²) < 4.78 is 38.7. The van der Waals surface area contributed by atoms with Crippen LogP contribution in [0.5, 0.6) is 0 Å². The zero-order valence-electron chi connectivity index (χ0n) is 16.6. The third kappa shape index (κ3) is 5.38. The number of hydrogen-bond donors (Lipinski definition) is 2. The molecule has 0 atom stereocenters. The molecule has 0 saturated carbocycles. The Morgan fingerprint density at radius 2 is 1.90 bits per heavy atom. The number of aromatic amines is 1. The Hall–Kier alpha value is -3.89. The van der Waals surface area contributed by atoms with Gasteiger partial charge < -0.3 is 15.4 Å². The topological polar surface area (TPSA) is 111 Å². The normalized spacial score (nSPS) is 12.7. The molecule has 0 aliphatic rings. The molecule has 0 aliphatic heterocycles. The van der Waals surface area contributed by atoms with Gasteiger partial charge in [-0.3, -0.25) is 5.10 Å². The first-order valence-corrected chi connectivity index (χ1v) is 9.01. The van der Waals surface area contributed by atoms with Crippen molar-refractivity contribution < 1.29 is 22.8 Å². The number of nitrogen functional groups attached to an aromatic ring is 1. The Morgan fingerprint density at radius 3 is 2.58 bits per heavy atom. The number of aromatic nitrogens is 3. The summed E-state index contributed by atoms with van der Waals surface area (Å²) in [5.41, 5.74) is 7.10. The van der Waals surface area contributed by atoms with Crippen molar-refractivity contribution >= 4 is 17.4 Å². The molecule has 0 bridgehead atoms. The van der Waals surface area contributed by atoms with Gasteiger partial charge in [0.2, 0.25) is 5.95 Å². The molecule has 2 aromatic carbocycles. The number of H-pyrrole nitrogens is 1. The predicted octanol–water partition coefficient (Wildman–Crippen LogP) is 3.75. The highest BCUT2D eigenvalue weighted by molar-refractivity contribution is 6.11. The number of nitrogens with one attached hydrogen (secondary N) is 1. The fourth-order valence-electron chi connectivity index (χ4n) is 2.74. The highest BCUT2D eigenvalue weighted by Gasteiger charge is 2.30. The minimum absolute atomic E-state index is 0.0266. The summed E-state index contributed by atoms with van der Waals surface area (Å²) in [6, 6.07) is 12.0. The van der Waals surface area contributed by atoms with E-state index in [0.717, 1.165) is 12.1 Å². The van der Waals surface area contributed by atoms with Crippen molar-refractivity contribution in [3.63, 3.8) is 0 Å². The third-order valence-electron chi connectivity index (χ3n) is 4.21. The summed E-state index contributed by atoms with van der Waals surface area (Å²) in [6.07, 6.45) is -4.43. The number of alkyl halides is 3. The number of hydrogen-bond acceptors (Lipinski definition) is 7. The lowest BCUT2D eigenvalue weighted by molar-refractivity contribution is -0.137. The van der Waals surface area contributed by atoms with Crippen molar-refractivity contribution in [1.29, 1.82) is 0 Å². The van der Waals surface area contributed by atoms with Gasteiger partial charge >= 0.3 is 6.18 Å². The van der Waals surface area contributed by atoms with E-state index in [0.29, 0.717) is 33.9 Å². The second-order valence-corrected chi connectivity index (χ2v) is 6.35. The minimum atomic E-state index is -4.43. The molecule has 0 spiro atoms. The molecule has 0 saturated heterocycles. The Kier molecular flexibility index (Phi) is 6.53. The van der Waals surface area contributed by atoms with Gasteiger partial charge in [-0.05, 0) is 24.6 Å². The lowest BCUT2D eigenvalue weighted by Crippen LogP contribution is -2.10. The number of nitrogens with two attached hydrogens (primary N) is 1. The molecule has 162 valence electrons. The second-order valence-electron chi connectivity index (χ2n) is 6.35. The first-order valence-electron chi connectivity index (χ1n) is 9.01. The summed E-state index contributed by atoms with van der Waals surface area (Å²) >= 11 is 0. The molecule has 0 fully saturated rings. The first kappa shape index (κ1) is 21.8. The van der Waals surface area contributed by atoms with E-state index in [-0.39, 0.29) is 12.6 Å². The van der Waals surface area contributed by atoms with Gasteiger partial charge in [-0.25, -0.2) is 0 Å². The summed E-state index contributed by atoms with van der Waals surface area (Å²) in [5.74, 6) is 0.351. The molecule has 1 aromatic heterocycles. The van der Waals surface area contributed by atoms with Gasteiger partial charge in [-0.2, -0.15) is 18.2 Å². The van der Waals surface area contributed by atoms with Crippen molar-refractivity contribution in [3.05, 3.63) is 76.6 Å². The van der Waals surface area contributed by atoms with Crippen molar-refractivity contribution in [3.8, 4) is 0 Å². The van der Waals surface area contributed by atoms with Crippen LogP contribution in [0.4, 0.5) is 19.1 Å². The molecular weight excluding hydrogens is 413 g/mol. The quantitative estimate of drug-likeness (QED) is 0.436. The lowest BCUT2D eigenvalue weighted by atomic mass is 10.0. The molecule has 0 amide bonds. The van der Waals surface area contributed by atoms with Crippen LogP contribution in [0.3, 0.4) is 0 Å². The van der Waals surface area contributed by atoms with Crippen LogP contribution in [0.1, 0.15) is 35.0 Å². The van der Waals surface area contributed by atoms with Crippen LogP contribution in [0, 0.1) is 0 Å². The van der Waals surface area contributed by atoms with Gasteiger partial charge in [0.05, 0.1) is 11.3 Å². The molecule has 8 nitrogen and oxygen atoms in total. The highest BCUT2D eigenvalue weighted by Crippen LogP contribution is 2.29. The lowest BCUT2D eigenvalue weighted by Gasteiger charge is -2.10. The van der Waals surface area contributed by atoms with Crippen molar-refractivity contribution in [1.82, 2.24) is 15.2 Å². The SMILES string of the molecule is CO/N=C(/c1nc(N)n[nH]1)c1ccccc1CO/N=C(\C)c1cccc(C(F)(F)F)c1. The minimum Gasteiger partial charge on any atom is -0.399 e. The van der Waals surface area contributed by atoms with E-state index in [2.05, 4.69) is 25.5 Å². The van der Waals surface area contributed by atoms with Crippen LogP contribution in [-0.2, 0) is 22.5 Å². The van der Waals surface area contributed by atoms with E-state index in [1.54, 1.807) is 31.2 Å². The largest absolute Gasteiger partial charge is 0.416 e. The van der Waals surface area contributed by atoms with Crippen LogP contribution in [0.2, 0.25) is 0 Å². The Morgan fingerprint density at radius 1 is 1.13 bits per heavy atom. The van der Waals surface area contributed by atoms with E-state index in [4.69, 9.17) is 15.4 Å². The molecule has 11 heteroatoms. The predicted molar refractivity (Wildman–Crippen MR) is 108 cm³/mol.